The Morgan fingerprint density at radius 3 is 1.76 bits per heavy atom. The number of hydrogen-bond acceptors (Lipinski definition) is 3. The van der Waals surface area contributed by atoms with E-state index in [1.165, 1.54) is 5.56 Å². The van der Waals surface area contributed by atoms with Gasteiger partial charge in [-0.2, -0.15) is 0 Å². The van der Waals surface area contributed by atoms with Gasteiger partial charge in [-0.15, -0.1) is 0 Å². The van der Waals surface area contributed by atoms with Gasteiger partial charge in [0.15, 0.2) is 11.6 Å². The standard InChI is InChI=1S/C30H32ClNO2/c1-18-10-12-19(13-11-18)32-22-14-29(2,3)16-24(33)27(22)26(20-8-6-7-9-21(20)31)28-23(32)15-30(4,5)17-25(28)34/h6-13,26H,14-17H2,1-5H3. The first-order chi connectivity index (χ1) is 16.0. The van der Waals surface area contributed by atoms with Crippen molar-refractivity contribution < 1.29 is 9.59 Å². The molecule has 3 nitrogen and oxygen atoms in total. The summed E-state index contributed by atoms with van der Waals surface area (Å²) in [6.07, 6.45) is 2.48. The molecule has 1 aliphatic heterocycles. The summed E-state index contributed by atoms with van der Waals surface area (Å²) in [7, 11) is 0. The Bertz CT molecular complexity index is 1210. The van der Waals surface area contributed by atoms with Gasteiger partial charge in [-0.05, 0) is 54.4 Å². The second kappa shape index (κ2) is 7.95. The molecule has 0 atom stereocenters. The molecule has 0 aromatic heterocycles. The summed E-state index contributed by atoms with van der Waals surface area (Å²) < 4.78 is 0. The smallest absolute Gasteiger partial charge is 0.162 e. The van der Waals surface area contributed by atoms with E-state index >= 15 is 0 Å². The Kier molecular flexibility index (Phi) is 5.40. The van der Waals surface area contributed by atoms with Gasteiger partial charge in [0.2, 0.25) is 0 Å². The van der Waals surface area contributed by atoms with Crippen LogP contribution in [0.3, 0.4) is 0 Å². The molecule has 0 unspecified atom stereocenters. The van der Waals surface area contributed by atoms with Crippen molar-refractivity contribution in [3.63, 3.8) is 0 Å². The van der Waals surface area contributed by atoms with E-state index in [9.17, 15) is 9.59 Å². The zero-order valence-electron chi connectivity index (χ0n) is 20.7. The Morgan fingerprint density at radius 2 is 1.26 bits per heavy atom. The van der Waals surface area contributed by atoms with Crippen LogP contribution in [0, 0.1) is 17.8 Å². The van der Waals surface area contributed by atoms with Gasteiger partial charge in [0.25, 0.3) is 0 Å². The van der Waals surface area contributed by atoms with Crippen LogP contribution in [0.2, 0.25) is 5.02 Å². The van der Waals surface area contributed by atoms with Crippen molar-refractivity contribution in [3.05, 3.63) is 87.2 Å². The van der Waals surface area contributed by atoms with Gasteiger partial charge in [0.1, 0.15) is 0 Å². The van der Waals surface area contributed by atoms with E-state index in [1.54, 1.807) is 0 Å². The van der Waals surface area contributed by atoms with Crippen molar-refractivity contribution in [1.29, 1.82) is 0 Å². The van der Waals surface area contributed by atoms with Crippen molar-refractivity contribution in [2.24, 2.45) is 10.8 Å². The molecule has 0 saturated carbocycles. The normalized spacial score (nSPS) is 22.1. The topological polar surface area (TPSA) is 37.4 Å². The highest BCUT2D eigenvalue weighted by Crippen LogP contribution is 2.56. The molecule has 2 aromatic rings. The lowest BCUT2D eigenvalue weighted by Crippen LogP contribution is -2.44. The van der Waals surface area contributed by atoms with Gasteiger partial charge in [-0.1, -0.05) is 75.2 Å². The molecule has 34 heavy (non-hydrogen) atoms. The number of ketones is 2. The molecular weight excluding hydrogens is 442 g/mol. The molecule has 0 spiro atoms. The Labute approximate surface area is 207 Å². The molecular formula is C30H32ClNO2. The van der Waals surface area contributed by atoms with E-state index in [4.69, 9.17) is 11.6 Å². The number of Topliss-reactive ketones (excluding diaryl/α,β-unsaturated/α-hetero) is 2. The molecule has 0 radical (unpaired) electrons. The number of aryl methyl sites for hydroxylation is 1. The molecule has 0 fully saturated rings. The fourth-order valence-corrected chi connectivity index (χ4v) is 6.24. The molecule has 5 rings (SSSR count). The first-order valence-corrected chi connectivity index (χ1v) is 12.5. The number of hydrogen-bond donors (Lipinski definition) is 0. The van der Waals surface area contributed by atoms with E-state index in [0.29, 0.717) is 17.9 Å². The third kappa shape index (κ3) is 3.84. The van der Waals surface area contributed by atoms with E-state index in [2.05, 4.69) is 63.8 Å². The molecule has 1 heterocycles. The number of carbonyl (C=O) groups excluding carboxylic acids is 2. The summed E-state index contributed by atoms with van der Waals surface area (Å²) in [5.41, 5.74) is 6.29. The third-order valence-electron chi connectivity index (χ3n) is 7.42. The Morgan fingerprint density at radius 1 is 0.765 bits per heavy atom. The maximum absolute atomic E-state index is 13.8. The highest BCUT2D eigenvalue weighted by molar-refractivity contribution is 6.31. The zero-order chi connectivity index (χ0) is 24.4. The molecule has 0 bridgehead atoms. The summed E-state index contributed by atoms with van der Waals surface area (Å²) in [4.78, 5) is 29.9. The van der Waals surface area contributed by atoms with E-state index in [-0.39, 0.29) is 22.4 Å². The van der Waals surface area contributed by atoms with Crippen molar-refractivity contribution in [2.45, 2.75) is 66.2 Å². The lowest BCUT2D eigenvalue weighted by atomic mass is 9.63. The van der Waals surface area contributed by atoms with Crippen LogP contribution >= 0.6 is 11.6 Å². The summed E-state index contributed by atoms with van der Waals surface area (Å²) in [5, 5.41) is 0.602. The second-order valence-electron chi connectivity index (χ2n) is 11.7. The lowest BCUT2D eigenvalue weighted by molar-refractivity contribution is -0.119. The van der Waals surface area contributed by atoms with Gasteiger partial charge >= 0.3 is 0 Å². The predicted octanol–water partition coefficient (Wildman–Crippen LogP) is 7.54. The summed E-state index contributed by atoms with van der Waals surface area (Å²) in [5.74, 6) is -0.164. The van der Waals surface area contributed by atoms with E-state index in [1.807, 2.05) is 24.3 Å². The predicted molar refractivity (Wildman–Crippen MR) is 138 cm³/mol. The second-order valence-corrected chi connectivity index (χ2v) is 12.1. The quantitative estimate of drug-likeness (QED) is 0.452. The molecule has 4 heteroatoms. The number of allylic oxidation sites excluding steroid dienone is 4. The number of nitrogens with zero attached hydrogens (tertiary/aromatic N) is 1. The summed E-state index contributed by atoms with van der Waals surface area (Å²) in [6.45, 7) is 10.7. The van der Waals surface area contributed by atoms with Crippen molar-refractivity contribution in [3.8, 4) is 0 Å². The zero-order valence-corrected chi connectivity index (χ0v) is 21.4. The van der Waals surface area contributed by atoms with Crippen LogP contribution in [0.25, 0.3) is 0 Å². The van der Waals surface area contributed by atoms with Gasteiger partial charge in [-0.25, -0.2) is 0 Å². The lowest BCUT2D eigenvalue weighted by Gasteiger charge is -2.49. The fourth-order valence-electron chi connectivity index (χ4n) is 5.99. The van der Waals surface area contributed by atoms with Gasteiger partial charge in [0, 0.05) is 52.0 Å². The minimum atomic E-state index is -0.410. The van der Waals surface area contributed by atoms with Crippen LogP contribution in [-0.4, -0.2) is 11.6 Å². The number of benzene rings is 2. The number of halogens is 1. The first kappa shape index (κ1) is 23.1. The highest BCUT2D eigenvalue weighted by atomic mass is 35.5. The van der Waals surface area contributed by atoms with Crippen LogP contribution in [0.5, 0.6) is 0 Å². The number of rotatable bonds is 2. The highest BCUT2D eigenvalue weighted by Gasteiger charge is 2.49. The summed E-state index contributed by atoms with van der Waals surface area (Å²) >= 11 is 6.72. The molecule has 3 aliphatic rings. The number of anilines is 1. The number of carbonyl (C=O) groups is 2. The van der Waals surface area contributed by atoms with Gasteiger partial charge in [0.05, 0.1) is 0 Å². The maximum Gasteiger partial charge on any atom is 0.162 e. The average Bonchev–Trinajstić information content (AvgIpc) is 2.72. The molecule has 0 amide bonds. The molecule has 0 N–H and O–H groups in total. The first-order valence-electron chi connectivity index (χ1n) is 12.1. The minimum absolute atomic E-state index is 0.123. The molecule has 0 saturated heterocycles. The monoisotopic (exact) mass is 473 g/mol. The largest absolute Gasteiger partial charge is 0.317 e. The maximum atomic E-state index is 13.8. The summed E-state index contributed by atoms with van der Waals surface area (Å²) in [6, 6.07) is 16.1. The van der Waals surface area contributed by atoms with Crippen LogP contribution in [-0.2, 0) is 9.59 Å². The molecule has 2 aromatic carbocycles. The minimum Gasteiger partial charge on any atom is -0.317 e. The Hall–Kier alpha value is -2.65. The van der Waals surface area contributed by atoms with Crippen molar-refractivity contribution in [1.82, 2.24) is 0 Å². The van der Waals surface area contributed by atoms with E-state index < -0.39 is 5.92 Å². The Balaban J connectivity index is 1.85. The van der Waals surface area contributed by atoms with Crippen LogP contribution in [0.1, 0.15) is 70.4 Å². The van der Waals surface area contributed by atoms with Crippen molar-refractivity contribution in [2.75, 3.05) is 4.90 Å². The van der Waals surface area contributed by atoms with Crippen LogP contribution < -0.4 is 4.90 Å². The van der Waals surface area contributed by atoms with Crippen LogP contribution in [0.4, 0.5) is 5.69 Å². The van der Waals surface area contributed by atoms with Gasteiger partial charge < -0.3 is 4.90 Å². The average molecular weight is 474 g/mol. The van der Waals surface area contributed by atoms with Crippen LogP contribution in [0.15, 0.2) is 71.1 Å². The fraction of sp³-hybridized carbons (Fsp3) is 0.400. The molecule has 176 valence electrons. The SMILES string of the molecule is Cc1ccc(N2C3=C(C(=O)CC(C)(C)C3)C(c3ccccc3Cl)C3=C2CC(C)(C)CC3=O)cc1. The van der Waals surface area contributed by atoms with E-state index in [0.717, 1.165) is 46.6 Å². The molecule has 2 aliphatic carbocycles. The van der Waals surface area contributed by atoms with Gasteiger partial charge in [-0.3, -0.25) is 9.59 Å². The van der Waals surface area contributed by atoms with Crippen molar-refractivity contribution >= 4 is 28.9 Å². The third-order valence-corrected chi connectivity index (χ3v) is 7.76.